The van der Waals surface area contributed by atoms with E-state index in [2.05, 4.69) is 16.0 Å². The third-order valence-corrected chi connectivity index (χ3v) is 5.72. The fraction of sp³-hybridized carbons (Fsp3) is 0.200. The summed E-state index contributed by atoms with van der Waals surface area (Å²) in [4.78, 5) is 35.3. The van der Waals surface area contributed by atoms with Crippen LogP contribution in [0, 0.1) is 11.3 Å². The zero-order chi connectivity index (χ0) is 24.4. The minimum Gasteiger partial charge on any atom is -0.466 e. The Kier molecular flexibility index (Phi) is 6.06. The molecule has 1 aliphatic heterocycles. The number of esters is 2. The lowest BCUT2D eigenvalue weighted by molar-refractivity contribution is -0.139. The number of hydrogen-bond donors (Lipinski definition) is 2. The summed E-state index contributed by atoms with van der Waals surface area (Å²) in [7, 11) is 2.43. The van der Waals surface area contributed by atoms with E-state index in [0.29, 0.717) is 17.7 Å². The molecule has 34 heavy (non-hydrogen) atoms. The van der Waals surface area contributed by atoms with E-state index in [1.807, 2.05) is 13.0 Å². The van der Waals surface area contributed by atoms with Gasteiger partial charge in [0.1, 0.15) is 17.3 Å². The zero-order valence-corrected chi connectivity index (χ0v) is 19.0. The van der Waals surface area contributed by atoms with Crippen LogP contribution in [0.1, 0.15) is 24.2 Å². The lowest BCUT2D eigenvalue weighted by atomic mass is 9.81. The maximum atomic E-state index is 13.1. The minimum atomic E-state index is -0.911. The summed E-state index contributed by atoms with van der Waals surface area (Å²) in [6.45, 7) is 1.98. The summed E-state index contributed by atoms with van der Waals surface area (Å²) in [6.07, 6.45) is 0.715. The van der Waals surface area contributed by atoms with Gasteiger partial charge in [-0.15, -0.1) is 0 Å². The molecule has 0 fully saturated rings. The van der Waals surface area contributed by atoms with E-state index in [1.54, 1.807) is 42.5 Å². The second-order valence-corrected chi connectivity index (χ2v) is 7.57. The molecule has 172 valence electrons. The quantitative estimate of drug-likeness (QED) is 0.558. The fourth-order valence-corrected chi connectivity index (χ4v) is 4.14. The largest absolute Gasteiger partial charge is 0.466 e. The lowest BCUT2D eigenvalue weighted by Crippen LogP contribution is -2.40. The van der Waals surface area contributed by atoms with Crippen LogP contribution in [0.2, 0.25) is 0 Å². The maximum Gasteiger partial charge on any atom is 0.355 e. The Morgan fingerprint density at radius 3 is 2.47 bits per heavy atom. The molecule has 9 heteroatoms. The van der Waals surface area contributed by atoms with Crippen LogP contribution in [-0.4, -0.2) is 36.1 Å². The number of anilines is 1. The van der Waals surface area contributed by atoms with Gasteiger partial charge in [0.05, 0.1) is 54.1 Å². The van der Waals surface area contributed by atoms with Crippen LogP contribution in [0.25, 0.3) is 11.0 Å². The molecule has 3 N–H and O–H groups in total. The van der Waals surface area contributed by atoms with Crippen molar-refractivity contribution in [2.75, 3.05) is 19.1 Å². The molecule has 3 aromatic rings. The molecule has 0 aliphatic carbocycles. The average Bonchev–Trinajstić information content (AvgIpc) is 3.30. The lowest BCUT2D eigenvalue weighted by Gasteiger charge is -2.35. The molecule has 0 saturated heterocycles. The molecule has 4 rings (SSSR count). The van der Waals surface area contributed by atoms with Crippen LogP contribution in [0.4, 0.5) is 5.69 Å². The summed E-state index contributed by atoms with van der Waals surface area (Å²) < 4.78 is 10.1. The summed E-state index contributed by atoms with van der Waals surface area (Å²) in [5, 5.41) is 10.1. The Morgan fingerprint density at radius 2 is 1.85 bits per heavy atom. The number of aromatic amines is 1. The molecule has 0 spiro atoms. The Labute approximate surface area is 196 Å². The topological polar surface area (TPSA) is 134 Å². The van der Waals surface area contributed by atoms with Crippen LogP contribution in [0.15, 0.2) is 71.2 Å². The Bertz CT molecular complexity index is 1380. The highest BCUT2D eigenvalue weighted by Crippen LogP contribution is 2.43. The number of carbonyl (C=O) groups is 2. The predicted molar refractivity (Wildman–Crippen MR) is 125 cm³/mol. The molecule has 1 aliphatic rings. The zero-order valence-electron chi connectivity index (χ0n) is 19.0. The standard InChI is InChI=1S/C25H23N5O4/c1-4-19-28-17-11-10-15(12-18(17)29-19)30-22(25(32)34-3)21(24(31)33-2)20(16(13-26)23(30)27)14-8-6-5-7-9-14/h5-12,20H,4,27H2,1-3H3,(H,28,29). The Hall–Kier alpha value is -4.58. The predicted octanol–water partition coefficient (Wildman–Crippen LogP) is 3.02. The number of methoxy groups -OCH3 is 2. The number of aryl methyl sites for hydroxylation is 1. The third kappa shape index (κ3) is 3.65. The van der Waals surface area contributed by atoms with Gasteiger partial charge < -0.3 is 20.2 Å². The van der Waals surface area contributed by atoms with Crippen LogP contribution in [0.3, 0.4) is 0 Å². The number of imidazole rings is 1. The van der Waals surface area contributed by atoms with Crippen LogP contribution in [0.5, 0.6) is 0 Å². The van der Waals surface area contributed by atoms with Gasteiger partial charge >= 0.3 is 11.9 Å². The number of nitriles is 1. The maximum absolute atomic E-state index is 13.1. The van der Waals surface area contributed by atoms with Gasteiger partial charge in [-0.3, -0.25) is 4.90 Å². The number of benzene rings is 2. The number of carbonyl (C=O) groups excluding carboxylic acids is 2. The van der Waals surface area contributed by atoms with Gasteiger partial charge in [-0.2, -0.15) is 5.26 Å². The van der Waals surface area contributed by atoms with Crippen molar-refractivity contribution in [3.8, 4) is 6.07 Å². The molecule has 2 heterocycles. The highest BCUT2D eigenvalue weighted by Gasteiger charge is 2.43. The number of aromatic nitrogens is 2. The third-order valence-electron chi connectivity index (χ3n) is 5.72. The summed E-state index contributed by atoms with van der Waals surface area (Å²) in [5.41, 5.74) is 9.00. The number of ether oxygens (including phenoxy) is 2. The number of nitrogens with one attached hydrogen (secondary N) is 1. The monoisotopic (exact) mass is 457 g/mol. The Balaban J connectivity index is 2.04. The summed E-state index contributed by atoms with van der Waals surface area (Å²) in [6, 6.07) is 16.2. The van der Waals surface area contributed by atoms with Crippen molar-refractivity contribution < 1.29 is 19.1 Å². The van der Waals surface area contributed by atoms with Crippen LogP contribution in [-0.2, 0) is 25.5 Å². The molecule has 2 aromatic carbocycles. The molecule has 0 bridgehead atoms. The van der Waals surface area contributed by atoms with Gasteiger partial charge in [0.2, 0.25) is 0 Å². The summed E-state index contributed by atoms with van der Waals surface area (Å²) >= 11 is 0. The number of nitrogens with zero attached hydrogens (tertiary/aromatic N) is 3. The first-order valence-corrected chi connectivity index (χ1v) is 10.6. The number of hydrogen-bond acceptors (Lipinski definition) is 8. The van der Waals surface area contributed by atoms with Gasteiger partial charge in [-0.25, -0.2) is 14.6 Å². The summed E-state index contributed by atoms with van der Waals surface area (Å²) in [5.74, 6) is -1.66. The second-order valence-electron chi connectivity index (χ2n) is 7.57. The molecule has 9 nitrogen and oxygen atoms in total. The molecular weight excluding hydrogens is 434 g/mol. The highest BCUT2D eigenvalue weighted by molar-refractivity contribution is 6.06. The normalized spacial score (nSPS) is 15.9. The smallest absolute Gasteiger partial charge is 0.355 e. The molecule has 1 aromatic heterocycles. The molecule has 1 unspecified atom stereocenters. The number of allylic oxidation sites excluding steroid dienone is 1. The van der Waals surface area contributed by atoms with E-state index in [0.717, 1.165) is 16.9 Å². The Morgan fingerprint density at radius 1 is 1.15 bits per heavy atom. The van der Waals surface area contributed by atoms with E-state index in [4.69, 9.17) is 15.2 Å². The fourth-order valence-electron chi connectivity index (χ4n) is 4.14. The van der Waals surface area contributed by atoms with Gasteiger partial charge in [0, 0.05) is 6.42 Å². The van der Waals surface area contributed by atoms with E-state index >= 15 is 0 Å². The van der Waals surface area contributed by atoms with Gasteiger partial charge in [-0.05, 0) is 23.8 Å². The van der Waals surface area contributed by atoms with Crippen molar-refractivity contribution >= 4 is 28.7 Å². The van der Waals surface area contributed by atoms with Crippen LogP contribution >= 0.6 is 0 Å². The highest BCUT2D eigenvalue weighted by atomic mass is 16.5. The van der Waals surface area contributed by atoms with Crippen molar-refractivity contribution in [3.63, 3.8) is 0 Å². The molecular formula is C25H23N5O4. The first-order chi connectivity index (χ1) is 16.4. The van der Waals surface area contributed by atoms with Crippen LogP contribution < -0.4 is 10.6 Å². The van der Waals surface area contributed by atoms with E-state index in [1.165, 1.54) is 19.1 Å². The second kappa shape index (κ2) is 9.11. The van der Waals surface area contributed by atoms with Gasteiger partial charge in [0.15, 0.2) is 0 Å². The van der Waals surface area contributed by atoms with Gasteiger partial charge in [0.25, 0.3) is 0 Å². The average molecular weight is 457 g/mol. The molecule has 1 atom stereocenters. The number of fused-ring (bicyclic) bond motifs is 1. The first-order valence-electron chi connectivity index (χ1n) is 10.6. The van der Waals surface area contributed by atoms with E-state index in [-0.39, 0.29) is 22.7 Å². The van der Waals surface area contributed by atoms with Crippen molar-refractivity contribution in [3.05, 3.63) is 82.6 Å². The van der Waals surface area contributed by atoms with E-state index in [9.17, 15) is 14.9 Å². The SMILES string of the molecule is CCc1nc2ccc(N3C(N)=C(C#N)C(c4ccccc4)C(C(=O)OC)=C3C(=O)OC)cc2[nH]1. The van der Waals surface area contributed by atoms with Crippen molar-refractivity contribution in [2.45, 2.75) is 19.3 Å². The number of H-pyrrole nitrogens is 1. The first kappa shape index (κ1) is 22.6. The van der Waals surface area contributed by atoms with Crippen molar-refractivity contribution in [1.82, 2.24) is 9.97 Å². The van der Waals surface area contributed by atoms with Crippen molar-refractivity contribution in [1.29, 1.82) is 5.26 Å². The minimum absolute atomic E-state index is 0.0130. The number of rotatable bonds is 5. The van der Waals surface area contributed by atoms with E-state index < -0.39 is 17.9 Å². The molecule has 0 saturated carbocycles. The number of nitrogens with two attached hydrogens (primary N) is 1. The van der Waals surface area contributed by atoms with Crippen molar-refractivity contribution in [2.24, 2.45) is 5.73 Å². The molecule has 0 radical (unpaired) electrons. The molecule has 0 amide bonds. The van der Waals surface area contributed by atoms with Gasteiger partial charge in [-0.1, -0.05) is 37.3 Å².